The molecule has 0 aliphatic heterocycles. The summed E-state index contributed by atoms with van der Waals surface area (Å²) in [7, 11) is -1.23. The van der Waals surface area contributed by atoms with Crippen molar-refractivity contribution in [2.75, 3.05) is 0 Å². The van der Waals surface area contributed by atoms with Crippen molar-refractivity contribution < 1.29 is 21.5 Å². The Bertz CT molecular complexity index is 2180. The summed E-state index contributed by atoms with van der Waals surface area (Å²) in [5.74, 6) is -0.160. The maximum absolute atomic E-state index is 9.22. The Hall–Kier alpha value is -3.47. The summed E-state index contributed by atoms with van der Waals surface area (Å²) in [6.45, 7) is 9.09. The number of pyridine rings is 2. The fourth-order valence-corrected chi connectivity index (χ4v) is 9.02. The monoisotopic (exact) mass is 840 g/mol. The SMILES string of the molecule is C[Si](C)(C)c1ccc(-c2[c-]cccc2)nc1.[2H]C(C)(c1ccnc(-c2[c-]ccc3c2sc2cc4ccccc4cc23)c1)C1CCCCC1.[Ir]. The predicted octanol–water partition coefficient (Wildman–Crippen LogP) is 11.8. The molecule has 8 rings (SSSR count). The van der Waals surface area contributed by atoms with Crippen LogP contribution in [0, 0.1) is 18.1 Å². The fraction of sp³-hybridized carbons (Fsp3) is 0.256. The van der Waals surface area contributed by atoms with Crippen molar-refractivity contribution in [3.05, 3.63) is 127 Å². The van der Waals surface area contributed by atoms with Crippen molar-refractivity contribution in [2.24, 2.45) is 5.92 Å². The summed E-state index contributed by atoms with van der Waals surface area (Å²) in [6, 6.07) is 40.5. The van der Waals surface area contributed by atoms with Gasteiger partial charge in [-0.05, 0) is 80.3 Å². The van der Waals surface area contributed by atoms with Gasteiger partial charge < -0.3 is 9.97 Å². The van der Waals surface area contributed by atoms with Gasteiger partial charge in [0.2, 0.25) is 0 Å². The van der Waals surface area contributed by atoms with Crippen molar-refractivity contribution >= 4 is 55.5 Å². The summed E-state index contributed by atoms with van der Waals surface area (Å²) >= 11 is 1.82. The van der Waals surface area contributed by atoms with Crippen LogP contribution in [0.25, 0.3) is 53.5 Å². The van der Waals surface area contributed by atoms with Gasteiger partial charge in [-0.1, -0.05) is 99.2 Å². The van der Waals surface area contributed by atoms with Crippen LogP contribution in [-0.4, -0.2) is 18.0 Å². The van der Waals surface area contributed by atoms with Gasteiger partial charge in [0.25, 0.3) is 0 Å². The van der Waals surface area contributed by atoms with E-state index in [2.05, 4.69) is 104 Å². The summed E-state index contributed by atoms with van der Waals surface area (Å²) < 4.78 is 11.7. The second-order valence-electron chi connectivity index (χ2n) is 13.8. The van der Waals surface area contributed by atoms with E-state index >= 15 is 0 Å². The summed E-state index contributed by atoms with van der Waals surface area (Å²) in [4.78, 5) is 9.25. The van der Waals surface area contributed by atoms with Gasteiger partial charge in [-0.2, -0.15) is 11.3 Å². The molecular formula is C43H42IrN2SSi-2. The molecule has 1 radical (unpaired) electrons. The summed E-state index contributed by atoms with van der Waals surface area (Å²) in [6.07, 6.45) is 10.0. The van der Waals surface area contributed by atoms with E-state index in [-0.39, 0.29) is 20.1 Å². The zero-order chi connectivity index (χ0) is 33.3. The number of nitrogens with zero attached hydrogens (tertiary/aromatic N) is 2. The molecule has 0 amide bonds. The van der Waals surface area contributed by atoms with Crippen molar-refractivity contribution in [3.8, 4) is 22.5 Å². The molecule has 1 fully saturated rings. The van der Waals surface area contributed by atoms with E-state index in [1.807, 2.05) is 60.1 Å². The van der Waals surface area contributed by atoms with Crippen LogP contribution in [0.3, 0.4) is 0 Å². The molecule has 0 N–H and O–H groups in total. The third kappa shape index (κ3) is 7.40. The second kappa shape index (κ2) is 15.0. The van der Waals surface area contributed by atoms with Crippen molar-refractivity contribution in [2.45, 2.75) is 64.6 Å². The standard InChI is InChI=1S/C29H26NS.C14H16NSi.Ir/c1-19(20-8-3-2-4-9-20)21-14-15-30-27(17-21)25-13-7-12-24-26-16-22-10-5-6-11-23(22)18-28(26)31-29(24)25;1-16(2,3)13-9-10-14(15-11-13)12-7-5-4-6-8-12;/h5-7,10-12,14-20H,2-4,8-9H2,1H3;4-7,9-11H,1-3H3;/q2*-1;/i19D;;. The number of hydrogen-bond donors (Lipinski definition) is 0. The maximum atomic E-state index is 9.22. The molecule has 0 saturated heterocycles. The van der Waals surface area contributed by atoms with Gasteiger partial charge in [0.1, 0.15) is 0 Å². The first-order chi connectivity index (χ1) is 23.2. The Labute approximate surface area is 305 Å². The Morgan fingerprint density at radius 1 is 0.792 bits per heavy atom. The minimum atomic E-state index is -1.23. The fourth-order valence-electron chi connectivity index (χ4n) is 6.75. The summed E-state index contributed by atoms with van der Waals surface area (Å²) in [5.41, 5.74) is 5.12. The largest absolute Gasteiger partial charge is 0.305 e. The third-order valence-corrected chi connectivity index (χ3v) is 12.8. The number of benzene rings is 4. The minimum absolute atomic E-state index is 0. The molecule has 1 atom stereocenters. The van der Waals surface area contributed by atoms with Crippen LogP contribution in [0.2, 0.25) is 19.6 Å². The first-order valence-corrected chi connectivity index (χ1v) is 21.2. The maximum Gasteiger partial charge on any atom is 0.0795 e. The van der Waals surface area contributed by atoms with E-state index in [0.717, 1.165) is 40.9 Å². The molecule has 0 spiro atoms. The van der Waals surface area contributed by atoms with E-state index in [1.54, 1.807) is 0 Å². The molecule has 2 nitrogen and oxygen atoms in total. The quantitative estimate of drug-likeness (QED) is 0.127. The minimum Gasteiger partial charge on any atom is -0.305 e. The zero-order valence-corrected chi connectivity index (χ0v) is 32.4. The van der Waals surface area contributed by atoms with Gasteiger partial charge in [0.05, 0.1) is 8.07 Å². The van der Waals surface area contributed by atoms with Crippen LogP contribution in [0.5, 0.6) is 0 Å². The molecule has 4 aromatic carbocycles. The van der Waals surface area contributed by atoms with Crippen molar-refractivity contribution in [1.29, 1.82) is 0 Å². The normalized spacial score (nSPS) is 15.3. The second-order valence-corrected chi connectivity index (χ2v) is 19.9. The number of hydrogen-bond acceptors (Lipinski definition) is 3. The molecule has 0 bridgehead atoms. The Morgan fingerprint density at radius 3 is 2.27 bits per heavy atom. The molecule has 1 saturated carbocycles. The summed E-state index contributed by atoms with van der Waals surface area (Å²) in [5, 5.41) is 6.49. The van der Waals surface area contributed by atoms with Gasteiger partial charge in [0, 0.05) is 38.6 Å². The van der Waals surface area contributed by atoms with E-state index < -0.39 is 14.0 Å². The molecule has 1 aliphatic rings. The molecule has 48 heavy (non-hydrogen) atoms. The van der Waals surface area contributed by atoms with Gasteiger partial charge in [-0.3, -0.25) is 0 Å². The van der Waals surface area contributed by atoms with Crippen molar-refractivity contribution in [3.63, 3.8) is 0 Å². The smallest absolute Gasteiger partial charge is 0.0795 e. The number of rotatable bonds is 5. The Kier molecular flexibility index (Phi) is 10.3. The number of thiophene rings is 1. The number of fused-ring (bicyclic) bond motifs is 4. The third-order valence-electron chi connectivity index (χ3n) is 9.60. The first-order valence-electron chi connectivity index (χ1n) is 17.3. The van der Waals surface area contributed by atoms with Crippen LogP contribution in [0.4, 0.5) is 0 Å². The number of aromatic nitrogens is 2. The molecule has 245 valence electrons. The molecule has 3 aromatic heterocycles. The zero-order valence-electron chi connectivity index (χ0n) is 29.1. The van der Waals surface area contributed by atoms with Gasteiger partial charge in [-0.25, -0.2) is 0 Å². The molecule has 5 heteroatoms. The molecule has 7 aromatic rings. The average molecular weight is 840 g/mol. The van der Waals surface area contributed by atoms with Crippen molar-refractivity contribution in [1.82, 2.24) is 9.97 Å². The van der Waals surface area contributed by atoms with E-state index in [1.165, 1.54) is 55.4 Å². The molecule has 1 unspecified atom stereocenters. The van der Waals surface area contributed by atoms with Gasteiger partial charge in [-0.15, -0.1) is 59.7 Å². The average Bonchev–Trinajstić information content (AvgIpc) is 3.49. The van der Waals surface area contributed by atoms with Crippen LogP contribution in [0.1, 0.15) is 51.9 Å². The van der Waals surface area contributed by atoms with E-state index in [0.29, 0.717) is 5.92 Å². The van der Waals surface area contributed by atoms with Crippen LogP contribution < -0.4 is 5.19 Å². The topological polar surface area (TPSA) is 25.8 Å². The van der Waals surface area contributed by atoms with Gasteiger partial charge in [0.15, 0.2) is 0 Å². The Morgan fingerprint density at radius 2 is 1.56 bits per heavy atom. The van der Waals surface area contributed by atoms with E-state index in [9.17, 15) is 1.37 Å². The predicted molar refractivity (Wildman–Crippen MR) is 205 cm³/mol. The van der Waals surface area contributed by atoms with E-state index in [4.69, 9.17) is 4.98 Å². The van der Waals surface area contributed by atoms with Crippen LogP contribution in [-0.2, 0) is 20.1 Å². The van der Waals surface area contributed by atoms with Crippen LogP contribution in [0.15, 0.2) is 109 Å². The first kappa shape index (κ1) is 33.0. The molecular weight excluding hydrogens is 797 g/mol. The van der Waals surface area contributed by atoms with Crippen LogP contribution >= 0.6 is 11.3 Å². The Balaban J connectivity index is 0.000000208. The molecule has 3 heterocycles. The molecule has 1 aliphatic carbocycles. The van der Waals surface area contributed by atoms with Gasteiger partial charge >= 0.3 is 0 Å².